The van der Waals surface area contributed by atoms with E-state index >= 15 is 0 Å². The van der Waals surface area contributed by atoms with Gasteiger partial charge >= 0.3 is 6.36 Å². The SMILES string of the molecule is O=C(NC(c1ccc(OC(F)(F)F)cc1)c1ncccc1F)c1ccn2ccnc2c1. The number of benzene rings is 1. The largest absolute Gasteiger partial charge is 0.573 e. The molecule has 3 aromatic heterocycles. The van der Waals surface area contributed by atoms with E-state index in [4.69, 9.17) is 0 Å². The summed E-state index contributed by atoms with van der Waals surface area (Å²) in [6.07, 6.45) is 1.46. The van der Waals surface area contributed by atoms with E-state index in [2.05, 4.69) is 20.0 Å². The summed E-state index contributed by atoms with van der Waals surface area (Å²) >= 11 is 0. The van der Waals surface area contributed by atoms with Crippen LogP contribution in [0.2, 0.25) is 0 Å². The van der Waals surface area contributed by atoms with Crippen molar-refractivity contribution >= 4 is 11.6 Å². The van der Waals surface area contributed by atoms with Gasteiger partial charge in [0.05, 0.1) is 6.04 Å². The summed E-state index contributed by atoms with van der Waals surface area (Å²) in [5.41, 5.74) is 1.06. The number of halogens is 4. The molecule has 1 atom stereocenters. The number of hydrogen-bond acceptors (Lipinski definition) is 4. The van der Waals surface area contributed by atoms with Crippen molar-refractivity contribution in [1.29, 1.82) is 0 Å². The van der Waals surface area contributed by atoms with Crippen molar-refractivity contribution in [3.05, 3.63) is 96.0 Å². The molecular weight excluding hydrogens is 416 g/mol. The number of aromatic nitrogens is 3. The van der Waals surface area contributed by atoms with E-state index in [1.807, 2.05) is 0 Å². The van der Waals surface area contributed by atoms with Crippen LogP contribution in [0.1, 0.15) is 27.7 Å². The number of hydrogen-bond donors (Lipinski definition) is 1. The minimum atomic E-state index is -4.84. The molecule has 0 aliphatic carbocycles. The van der Waals surface area contributed by atoms with E-state index in [9.17, 15) is 22.4 Å². The van der Waals surface area contributed by atoms with E-state index in [0.29, 0.717) is 11.2 Å². The zero-order chi connectivity index (χ0) is 22.0. The molecule has 1 aromatic carbocycles. The summed E-state index contributed by atoms with van der Waals surface area (Å²) in [6, 6.07) is 9.42. The lowest BCUT2D eigenvalue weighted by Crippen LogP contribution is -2.30. The number of amides is 1. The quantitative estimate of drug-likeness (QED) is 0.480. The van der Waals surface area contributed by atoms with Crippen molar-refractivity contribution in [2.45, 2.75) is 12.4 Å². The van der Waals surface area contributed by atoms with Gasteiger partial charge in [0, 0.05) is 30.4 Å². The third kappa shape index (κ3) is 4.63. The van der Waals surface area contributed by atoms with Crippen molar-refractivity contribution in [2.24, 2.45) is 0 Å². The second-order valence-corrected chi connectivity index (χ2v) is 6.50. The molecule has 31 heavy (non-hydrogen) atoms. The third-order valence-corrected chi connectivity index (χ3v) is 4.44. The summed E-state index contributed by atoms with van der Waals surface area (Å²) in [5.74, 6) is -1.64. The standard InChI is InChI=1S/C21H14F4N4O2/c22-16-2-1-8-27-19(16)18(13-3-5-15(6-4-13)31-21(23,24)25)28-20(30)14-7-10-29-11-9-26-17(29)12-14/h1-12,18H,(H,28,30). The number of ether oxygens (including phenoxy) is 1. The number of imidazole rings is 1. The molecule has 4 rings (SSSR count). The Labute approximate surface area is 173 Å². The van der Waals surface area contributed by atoms with Crippen LogP contribution in [0.4, 0.5) is 17.6 Å². The number of fused-ring (bicyclic) bond motifs is 1. The predicted octanol–water partition coefficient (Wildman–Crippen LogP) is 4.29. The van der Waals surface area contributed by atoms with Gasteiger partial charge in [-0.3, -0.25) is 9.78 Å². The fourth-order valence-corrected chi connectivity index (χ4v) is 3.05. The fraction of sp³-hybridized carbons (Fsp3) is 0.0952. The van der Waals surface area contributed by atoms with Crippen LogP contribution in [0, 0.1) is 5.82 Å². The summed E-state index contributed by atoms with van der Waals surface area (Å²) in [5, 5.41) is 2.69. The highest BCUT2D eigenvalue weighted by atomic mass is 19.4. The molecule has 0 saturated carbocycles. The zero-order valence-electron chi connectivity index (χ0n) is 15.7. The number of pyridine rings is 2. The van der Waals surface area contributed by atoms with Crippen LogP contribution in [-0.2, 0) is 0 Å². The highest BCUT2D eigenvalue weighted by molar-refractivity contribution is 5.95. The average Bonchev–Trinajstić information content (AvgIpc) is 3.20. The summed E-state index contributed by atoms with van der Waals surface area (Å²) in [6.45, 7) is 0. The molecule has 0 fully saturated rings. The van der Waals surface area contributed by atoms with Gasteiger partial charge in [-0.25, -0.2) is 9.37 Å². The van der Waals surface area contributed by atoms with Crippen molar-refractivity contribution in [1.82, 2.24) is 19.7 Å². The predicted molar refractivity (Wildman–Crippen MR) is 102 cm³/mol. The number of nitrogens with zero attached hydrogens (tertiary/aromatic N) is 3. The van der Waals surface area contributed by atoms with Crippen LogP contribution >= 0.6 is 0 Å². The second-order valence-electron chi connectivity index (χ2n) is 6.50. The lowest BCUT2D eigenvalue weighted by Gasteiger charge is -2.20. The smallest absolute Gasteiger partial charge is 0.406 e. The number of carbonyl (C=O) groups excluding carboxylic acids is 1. The Kier molecular flexibility index (Phi) is 5.28. The molecule has 3 heterocycles. The Morgan fingerprint density at radius 2 is 1.81 bits per heavy atom. The zero-order valence-corrected chi connectivity index (χ0v) is 15.7. The van der Waals surface area contributed by atoms with Crippen molar-refractivity contribution in [3.63, 3.8) is 0 Å². The van der Waals surface area contributed by atoms with Crippen molar-refractivity contribution in [3.8, 4) is 5.75 Å². The molecule has 0 radical (unpaired) electrons. The maximum atomic E-state index is 14.4. The molecule has 0 spiro atoms. The first-order valence-electron chi connectivity index (χ1n) is 9.00. The van der Waals surface area contributed by atoms with Crippen molar-refractivity contribution < 1.29 is 27.1 Å². The Hall–Kier alpha value is -3.95. The molecule has 0 bridgehead atoms. The van der Waals surface area contributed by atoms with E-state index < -0.39 is 29.9 Å². The van der Waals surface area contributed by atoms with Crippen LogP contribution < -0.4 is 10.1 Å². The van der Waals surface area contributed by atoms with Gasteiger partial charge in [-0.2, -0.15) is 0 Å². The first-order valence-corrected chi connectivity index (χ1v) is 9.00. The minimum absolute atomic E-state index is 0.0813. The van der Waals surface area contributed by atoms with Gasteiger partial charge < -0.3 is 14.5 Å². The molecule has 1 amide bonds. The first-order chi connectivity index (χ1) is 14.8. The van der Waals surface area contributed by atoms with Crippen LogP contribution in [0.5, 0.6) is 5.75 Å². The van der Waals surface area contributed by atoms with Crippen LogP contribution in [0.3, 0.4) is 0 Å². The second kappa shape index (κ2) is 8.05. The minimum Gasteiger partial charge on any atom is -0.406 e. The maximum absolute atomic E-state index is 14.4. The molecule has 158 valence electrons. The van der Waals surface area contributed by atoms with E-state index in [1.165, 1.54) is 30.5 Å². The highest BCUT2D eigenvalue weighted by Gasteiger charge is 2.31. The van der Waals surface area contributed by atoms with Crippen LogP contribution in [0.25, 0.3) is 5.65 Å². The third-order valence-electron chi connectivity index (χ3n) is 4.44. The molecule has 0 aliphatic rings. The monoisotopic (exact) mass is 430 g/mol. The summed E-state index contributed by atoms with van der Waals surface area (Å²) in [7, 11) is 0. The molecule has 0 saturated heterocycles. The number of carbonyl (C=O) groups is 1. The lowest BCUT2D eigenvalue weighted by atomic mass is 10.0. The molecule has 4 aromatic rings. The summed E-state index contributed by atoms with van der Waals surface area (Å²) in [4.78, 5) is 21.0. The molecule has 10 heteroatoms. The normalized spacial score (nSPS) is 12.5. The van der Waals surface area contributed by atoms with Gasteiger partial charge in [-0.1, -0.05) is 12.1 Å². The van der Waals surface area contributed by atoms with Crippen LogP contribution in [0.15, 0.2) is 73.3 Å². The Morgan fingerprint density at radius 3 is 2.52 bits per heavy atom. The van der Waals surface area contributed by atoms with Gasteiger partial charge in [0.2, 0.25) is 0 Å². The Bertz CT molecular complexity index is 1220. The molecule has 6 nitrogen and oxygen atoms in total. The Morgan fingerprint density at radius 1 is 1.03 bits per heavy atom. The van der Waals surface area contributed by atoms with Crippen molar-refractivity contribution in [2.75, 3.05) is 0 Å². The first kappa shape index (κ1) is 20.3. The van der Waals surface area contributed by atoms with E-state index in [0.717, 1.165) is 12.1 Å². The summed E-state index contributed by atoms with van der Waals surface area (Å²) < 4.78 is 57.3. The van der Waals surface area contributed by atoms with Gasteiger partial charge in [-0.15, -0.1) is 13.2 Å². The lowest BCUT2D eigenvalue weighted by molar-refractivity contribution is -0.274. The molecule has 0 aliphatic heterocycles. The topological polar surface area (TPSA) is 68.5 Å². The average molecular weight is 430 g/mol. The van der Waals surface area contributed by atoms with Gasteiger partial charge in [-0.05, 0) is 42.0 Å². The highest BCUT2D eigenvalue weighted by Crippen LogP contribution is 2.28. The van der Waals surface area contributed by atoms with E-state index in [1.54, 1.807) is 35.1 Å². The number of alkyl halides is 3. The van der Waals surface area contributed by atoms with Gasteiger partial charge in [0.1, 0.15) is 22.9 Å². The Balaban J connectivity index is 1.66. The fourth-order valence-electron chi connectivity index (χ4n) is 3.05. The number of rotatable bonds is 5. The number of nitrogens with one attached hydrogen (secondary N) is 1. The molecular formula is C21H14F4N4O2. The van der Waals surface area contributed by atoms with Gasteiger partial charge in [0.15, 0.2) is 0 Å². The maximum Gasteiger partial charge on any atom is 0.573 e. The van der Waals surface area contributed by atoms with E-state index in [-0.39, 0.29) is 11.3 Å². The van der Waals surface area contributed by atoms with Crippen LogP contribution in [-0.4, -0.2) is 26.6 Å². The molecule has 1 unspecified atom stereocenters. The molecule has 1 N–H and O–H groups in total. The van der Waals surface area contributed by atoms with Gasteiger partial charge in [0.25, 0.3) is 5.91 Å².